The minimum absolute atomic E-state index is 0.0400. The molecule has 0 aliphatic heterocycles. The number of rotatable bonds is 6. The first kappa shape index (κ1) is 14.6. The summed E-state index contributed by atoms with van der Waals surface area (Å²) in [6, 6.07) is 1.94. The molecule has 0 bridgehead atoms. The van der Waals surface area contributed by atoms with E-state index in [9.17, 15) is 4.79 Å². The third kappa shape index (κ3) is 3.07. The van der Waals surface area contributed by atoms with Crippen LogP contribution in [0.25, 0.3) is 0 Å². The molecule has 4 nitrogen and oxygen atoms in total. The normalized spacial score (nSPS) is 11.3. The quantitative estimate of drug-likeness (QED) is 0.807. The highest BCUT2D eigenvalue weighted by molar-refractivity contribution is 5.82. The number of hydrogen-bond acceptors (Lipinski definition) is 3. The molecule has 0 radical (unpaired) electrons. The summed E-state index contributed by atoms with van der Waals surface area (Å²) in [7, 11) is 0. The summed E-state index contributed by atoms with van der Waals surface area (Å²) in [6.45, 7) is 6.92. The molecule has 1 rings (SSSR count). The van der Waals surface area contributed by atoms with Crippen LogP contribution in [0.5, 0.6) is 0 Å². The van der Waals surface area contributed by atoms with Gasteiger partial charge in [0.05, 0.1) is 5.41 Å². The number of aromatic nitrogens is 1. The lowest BCUT2D eigenvalue weighted by atomic mass is 9.81. The van der Waals surface area contributed by atoms with Crippen molar-refractivity contribution in [2.24, 2.45) is 11.1 Å². The Morgan fingerprint density at radius 1 is 1.44 bits per heavy atom. The van der Waals surface area contributed by atoms with Gasteiger partial charge in [-0.15, -0.1) is 0 Å². The SMILES string of the molecule is CCC(CC)(CN)C(=O)NCc1cnccc1C. The lowest BCUT2D eigenvalue weighted by Gasteiger charge is -2.28. The third-order valence-corrected chi connectivity index (χ3v) is 3.81. The number of pyridine rings is 1. The van der Waals surface area contributed by atoms with Crippen molar-refractivity contribution in [2.75, 3.05) is 6.54 Å². The molecule has 0 saturated heterocycles. The van der Waals surface area contributed by atoms with Crippen LogP contribution in [0.15, 0.2) is 18.5 Å². The van der Waals surface area contributed by atoms with E-state index >= 15 is 0 Å². The van der Waals surface area contributed by atoms with Crippen LogP contribution in [0.2, 0.25) is 0 Å². The van der Waals surface area contributed by atoms with Gasteiger partial charge in [-0.1, -0.05) is 13.8 Å². The highest BCUT2D eigenvalue weighted by atomic mass is 16.2. The molecule has 1 aromatic heterocycles. The van der Waals surface area contributed by atoms with Gasteiger partial charge in [0.1, 0.15) is 0 Å². The van der Waals surface area contributed by atoms with Crippen LogP contribution in [0, 0.1) is 12.3 Å². The van der Waals surface area contributed by atoms with Gasteiger partial charge in [0.2, 0.25) is 5.91 Å². The van der Waals surface area contributed by atoms with Gasteiger partial charge in [-0.2, -0.15) is 0 Å². The maximum Gasteiger partial charge on any atom is 0.227 e. The van der Waals surface area contributed by atoms with E-state index < -0.39 is 5.41 Å². The molecule has 18 heavy (non-hydrogen) atoms. The second-order valence-corrected chi connectivity index (χ2v) is 4.68. The van der Waals surface area contributed by atoms with Crippen LogP contribution < -0.4 is 11.1 Å². The average Bonchev–Trinajstić information content (AvgIpc) is 2.40. The summed E-state index contributed by atoms with van der Waals surface area (Å²) in [5.74, 6) is 0.0400. The van der Waals surface area contributed by atoms with Crippen molar-refractivity contribution in [1.29, 1.82) is 0 Å². The highest BCUT2D eigenvalue weighted by Gasteiger charge is 2.32. The Morgan fingerprint density at radius 2 is 2.11 bits per heavy atom. The van der Waals surface area contributed by atoms with Gasteiger partial charge >= 0.3 is 0 Å². The Hall–Kier alpha value is -1.42. The number of carbonyl (C=O) groups excluding carboxylic acids is 1. The summed E-state index contributed by atoms with van der Waals surface area (Å²) in [5, 5.41) is 2.97. The van der Waals surface area contributed by atoms with Gasteiger partial charge in [-0.3, -0.25) is 9.78 Å². The second-order valence-electron chi connectivity index (χ2n) is 4.68. The zero-order chi connectivity index (χ0) is 13.6. The van der Waals surface area contributed by atoms with Gasteiger partial charge < -0.3 is 11.1 Å². The molecule has 1 amide bonds. The van der Waals surface area contributed by atoms with Crippen molar-refractivity contribution in [3.63, 3.8) is 0 Å². The molecular formula is C14H23N3O. The standard InChI is InChI=1S/C14H23N3O/c1-4-14(5-2,10-15)13(18)17-9-12-8-16-7-6-11(12)3/h6-8H,4-5,9-10,15H2,1-3H3,(H,17,18). The van der Waals surface area contributed by atoms with Crippen LogP contribution in [0.3, 0.4) is 0 Å². The Balaban J connectivity index is 2.69. The third-order valence-electron chi connectivity index (χ3n) is 3.81. The summed E-state index contributed by atoms with van der Waals surface area (Å²) >= 11 is 0. The molecule has 100 valence electrons. The second kappa shape index (κ2) is 6.50. The van der Waals surface area contributed by atoms with Crippen molar-refractivity contribution >= 4 is 5.91 Å². The number of nitrogens with two attached hydrogens (primary N) is 1. The molecule has 4 heteroatoms. The Bertz CT molecular complexity index is 392. The fourth-order valence-corrected chi connectivity index (χ4v) is 2.00. The number of amides is 1. The number of nitrogens with zero attached hydrogens (tertiary/aromatic N) is 1. The summed E-state index contributed by atoms with van der Waals surface area (Å²) < 4.78 is 0. The van der Waals surface area contributed by atoms with Crippen molar-refractivity contribution < 1.29 is 4.79 Å². The minimum Gasteiger partial charge on any atom is -0.351 e. The maximum absolute atomic E-state index is 12.2. The van der Waals surface area contributed by atoms with Crippen molar-refractivity contribution in [2.45, 2.75) is 40.2 Å². The van der Waals surface area contributed by atoms with Crippen LogP contribution in [0.1, 0.15) is 37.8 Å². The number of nitrogens with one attached hydrogen (secondary N) is 1. The fourth-order valence-electron chi connectivity index (χ4n) is 2.00. The van der Waals surface area contributed by atoms with Crippen LogP contribution in [-0.4, -0.2) is 17.4 Å². The van der Waals surface area contributed by atoms with Gasteiger partial charge in [-0.05, 0) is 37.0 Å². The maximum atomic E-state index is 12.2. The van der Waals surface area contributed by atoms with E-state index in [1.165, 1.54) is 0 Å². The lowest BCUT2D eigenvalue weighted by molar-refractivity contribution is -0.131. The van der Waals surface area contributed by atoms with E-state index in [4.69, 9.17) is 5.73 Å². The predicted molar refractivity (Wildman–Crippen MR) is 72.9 cm³/mol. The van der Waals surface area contributed by atoms with Crippen LogP contribution in [0.4, 0.5) is 0 Å². The van der Waals surface area contributed by atoms with Crippen LogP contribution in [-0.2, 0) is 11.3 Å². The van der Waals surface area contributed by atoms with E-state index in [2.05, 4.69) is 10.3 Å². The molecule has 0 spiro atoms. The molecule has 0 aliphatic carbocycles. The molecule has 1 heterocycles. The molecule has 1 aromatic rings. The fraction of sp³-hybridized carbons (Fsp3) is 0.571. The molecule has 0 fully saturated rings. The minimum atomic E-state index is -0.434. The van der Waals surface area contributed by atoms with E-state index in [1.807, 2.05) is 26.8 Å². The van der Waals surface area contributed by atoms with Gasteiger partial charge in [-0.25, -0.2) is 0 Å². The molecule has 0 aliphatic rings. The van der Waals surface area contributed by atoms with Crippen LogP contribution >= 0.6 is 0 Å². The van der Waals surface area contributed by atoms with Crippen molar-refractivity contribution in [3.8, 4) is 0 Å². The Labute approximate surface area is 109 Å². The van der Waals surface area contributed by atoms with Gasteiger partial charge in [0.15, 0.2) is 0 Å². The highest BCUT2D eigenvalue weighted by Crippen LogP contribution is 2.25. The van der Waals surface area contributed by atoms with E-state index in [0.29, 0.717) is 13.1 Å². The first-order valence-electron chi connectivity index (χ1n) is 6.47. The zero-order valence-corrected chi connectivity index (χ0v) is 11.5. The number of hydrogen-bond donors (Lipinski definition) is 2. The van der Waals surface area contributed by atoms with Crippen molar-refractivity contribution in [1.82, 2.24) is 10.3 Å². The molecule has 0 unspecified atom stereocenters. The van der Waals surface area contributed by atoms with E-state index in [0.717, 1.165) is 24.0 Å². The van der Waals surface area contributed by atoms with E-state index in [-0.39, 0.29) is 5.91 Å². The lowest BCUT2D eigenvalue weighted by Crippen LogP contribution is -2.45. The molecule has 0 aromatic carbocycles. The number of aryl methyl sites for hydroxylation is 1. The van der Waals surface area contributed by atoms with Gasteiger partial charge in [0.25, 0.3) is 0 Å². The predicted octanol–water partition coefficient (Wildman–Crippen LogP) is 1.77. The molecule has 0 atom stereocenters. The summed E-state index contributed by atoms with van der Waals surface area (Å²) in [5.41, 5.74) is 7.50. The van der Waals surface area contributed by atoms with Gasteiger partial charge in [0, 0.05) is 25.5 Å². The topological polar surface area (TPSA) is 68.0 Å². The zero-order valence-electron chi connectivity index (χ0n) is 11.5. The number of carbonyl (C=O) groups is 1. The first-order chi connectivity index (χ1) is 8.59. The molecule has 3 N–H and O–H groups in total. The smallest absolute Gasteiger partial charge is 0.227 e. The van der Waals surface area contributed by atoms with Crippen molar-refractivity contribution in [3.05, 3.63) is 29.6 Å². The Morgan fingerprint density at radius 3 is 2.61 bits per heavy atom. The molecule has 0 saturated carbocycles. The summed E-state index contributed by atoms with van der Waals surface area (Å²) in [6.07, 6.45) is 5.07. The first-order valence-corrected chi connectivity index (χ1v) is 6.47. The summed E-state index contributed by atoms with van der Waals surface area (Å²) in [4.78, 5) is 16.3. The largest absolute Gasteiger partial charge is 0.351 e. The Kier molecular flexibility index (Phi) is 5.28. The average molecular weight is 249 g/mol. The monoisotopic (exact) mass is 249 g/mol. The van der Waals surface area contributed by atoms with E-state index in [1.54, 1.807) is 12.4 Å². The molecular weight excluding hydrogens is 226 g/mol.